The van der Waals surface area contributed by atoms with Crippen LogP contribution in [0.1, 0.15) is 39.5 Å². The molecule has 1 aromatic rings. The van der Waals surface area contributed by atoms with Gasteiger partial charge in [0.2, 0.25) is 5.91 Å². The minimum Gasteiger partial charge on any atom is -0.480 e. The van der Waals surface area contributed by atoms with Gasteiger partial charge in [0.05, 0.1) is 0 Å². The summed E-state index contributed by atoms with van der Waals surface area (Å²) in [5.41, 5.74) is 0.630. The van der Waals surface area contributed by atoms with Crippen LogP contribution in [0.4, 0.5) is 5.69 Å². The van der Waals surface area contributed by atoms with Crippen LogP contribution in [0.2, 0.25) is 5.02 Å². The molecule has 1 unspecified atom stereocenters. The minimum absolute atomic E-state index is 0.179. The molecule has 0 fully saturated rings. The normalized spacial score (nSPS) is 13.4. The van der Waals surface area contributed by atoms with Gasteiger partial charge in [-0.2, -0.15) is 0 Å². The van der Waals surface area contributed by atoms with Crippen LogP contribution >= 0.6 is 11.6 Å². The van der Waals surface area contributed by atoms with Gasteiger partial charge in [0.15, 0.2) is 0 Å². The van der Waals surface area contributed by atoms with Crippen molar-refractivity contribution in [2.75, 3.05) is 5.32 Å². The molecule has 0 aliphatic heterocycles. The zero-order valence-corrected chi connectivity index (χ0v) is 13.7. The van der Waals surface area contributed by atoms with Crippen molar-refractivity contribution in [1.82, 2.24) is 5.32 Å². The maximum absolute atomic E-state index is 12.0. The number of carbonyl (C=O) groups is 2. The summed E-state index contributed by atoms with van der Waals surface area (Å²) in [6.07, 6.45) is 2.54. The number of anilines is 1. The number of nitrogens with one attached hydrogen (secondary N) is 2. The predicted octanol–water partition coefficient (Wildman–Crippen LogP) is 3.29. The smallest absolute Gasteiger partial charge is 0.320 e. The van der Waals surface area contributed by atoms with E-state index < -0.39 is 12.0 Å². The summed E-state index contributed by atoms with van der Waals surface area (Å²) in [6, 6.07) is 6.06. The standard InChI is InChI=1S/C16H23ClN2O3/c1-3-4-8-14(16(21)22)18-11(2)9-15(20)19-13-7-5-6-12(17)10-13/h5-7,10-11,14,18H,3-4,8-9H2,1-2H3,(H,19,20)(H,21,22)/t11?,14-/m0/s1. The van der Waals surface area contributed by atoms with Crippen molar-refractivity contribution in [1.29, 1.82) is 0 Å². The van der Waals surface area contributed by atoms with Crippen molar-refractivity contribution < 1.29 is 14.7 Å². The highest BCUT2D eigenvalue weighted by Gasteiger charge is 2.20. The Balaban J connectivity index is 2.47. The summed E-state index contributed by atoms with van der Waals surface area (Å²) in [6.45, 7) is 3.82. The summed E-state index contributed by atoms with van der Waals surface area (Å²) in [5.74, 6) is -1.06. The Kier molecular flexibility index (Phi) is 7.91. The van der Waals surface area contributed by atoms with Gasteiger partial charge in [-0.05, 0) is 31.5 Å². The topological polar surface area (TPSA) is 78.4 Å². The summed E-state index contributed by atoms with van der Waals surface area (Å²) in [5, 5.41) is 15.5. The first-order chi connectivity index (χ1) is 10.4. The van der Waals surface area contributed by atoms with Crippen LogP contribution in [-0.4, -0.2) is 29.1 Å². The lowest BCUT2D eigenvalue weighted by atomic mass is 10.1. The third-order valence-corrected chi connectivity index (χ3v) is 3.47. The van der Waals surface area contributed by atoms with Crippen LogP contribution in [0.25, 0.3) is 0 Å². The fourth-order valence-corrected chi connectivity index (χ4v) is 2.34. The Morgan fingerprint density at radius 3 is 2.68 bits per heavy atom. The van der Waals surface area contributed by atoms with Crippen molar-refractivity contribution in [2.24, 2.45) is 0 Å². The molecular formula is C16H23ClN2O3. The SMILES string of the molecule is CCCC[C@H](NC(C)CC(=O)Nc1cccc(Cl)c1)C(=O)O. The van der Waals surface area contributed by atoms with Gasteiger partial charge in [-0.25, -0.2) is 0 Å². The summed E-state index contributed by atoms with van der Waals surface area (Å²) >= 11 is 5.86. The molecule has 1 aromatic carbocycles. The molecule has 0 saturated carbocycles. The van der Waals surface area contributed by atoms with Crippen LogP contribution in [0, 0.1) is 0 Å². The Morgan fingerprint density at radius 2 is 2.09 bits per heavy atom. The minimum atomic E-state index is -0.879. The lowest BCUT2D eigenvalue weighted by Crippen LogP contribution is -2.43. The van der Waals surface area contributed by atoms with Gasteiger partial charge in [0.25, 0.3) is 0 Å². The quantitative estimate of drug-likeness (QED) is 0.650. The highest BCUT2D eigenvalue weighted by molar-refractivity contribution is 6.30. The van der Waals surface area contributed by atoms with Gasteiger partial charge in [0.1, 0.15) is 6.04 Å². The fourth-order valence-electron chi connectivity index (χ4n) is 2.15. The van der Waals surface area contributed by atoms with Gasteiger partial charge in [-0.1, -0.05) is 37.4 Å². The molecule has 0 aromatic heterocycles. The van der Waals surface area contributed by atoms with E-state index in [1.165, 1.54) is 0 Å². The number of unbranched alkanes of at least 4 members (excludes halogenated alkanes) is 1. The number of hydrogen-bond donors (Lipinski definition) is 3. The second-order valence-corrected chi connectivity index (χ2v) is 5.80. The van der Waals surface area contributed by atoms with Gasteiger partial charge < -0.3 is 15.7 Å². The van der Waals surface area contributed by atoms with E-state index in [1.54, 1.807) is 31.2 Å². The molecule has 0 saturated heterocycles. The summed E-state index contributed by atoms with van der Waals surface area (Å²) in [4.78, 5) is 23.1. The Labute approximate surface area is 136 Å². The zero-order valence-electron chi connectivity index (χ0n) is 12.9. The molecule has 0 aliphatic rings. The Bertz CT molecular complexity index is 508. The van der Waals surface area contributed by atoms with Crippen LogP contribution < -0.4 is 10.6 Å². The number of benzene rings is 1. The molecule has 22 heavy (non-hydrogen) atoms. The Morgan fingerprint density at radius 1 is 1.36 bits per heavy atom. The van der Waals surface area contributed by atoms with Gasteiger partial charge in [-0.15, -0.1) is 0 Å². The van der Waals surface area contributed by atoms with Crippen molar-refractivity contribution in [3.63, 3.8) is 0 Å². The van der Waals surface area contributed by atoms with E-state index in [9.17, 15) is 14.7 Å². The first-order valence-corrected chi connectivity index (χ1v) is 7.84. The average molecular weight is 327 g/mol. The monoisotopic (exact) mass is 326 g/mol. The van der Waals surface area contributed by atoms with E-state index >= 15 is 0 Å². The van der Waals surface area contributed by atoms with E-state index in [0.717, 1.165) is 12.8 Å². The Hall–Kier alpha value is -1.59. The molecule has 2 atom stereocenters. The highest BCUT2D eigenvalue weighted by Crippen LogP contribution is 2.15. The molecule has 0 aliphatic carbocycles. The molecule has 1 rings (SSSR count). The van der Waals surface area contributed by atoms with Crippen molar-refractivity contribution in [3.05, 3.63) is 29.3 Å². The number of halogens is 1. The predicted molar refractivity (Wildman–Crippen MR) is 88.2 cm³/mol. The van der Waals surface area contributed by atoms with E-state index in [0.29, 0.717) is 17.1 Å². The van der Waals surface area contributed by atoms with Gasteiger partial charge >= 0.3 is 5.97 Å². The van der Waals surface area contributed by atoms with E-state index in [1.807, 2.05) is 6.92 Å². The van der Waals surface area contributed by atoms with Crippen molar-refractivity contribution >= 4 is 29.2 Å². The van der Waals surface area contributed by atoms with Crippen LogP contribution in [0.3, 0.4) is 0 Å². The molecule has 5 nitrogen and oxygen atoms in total. The lowest BCUT2D eigenvalue weighted by Gasteiger charge is -2.19. The van der Waals surface area contributed by atoms with E-state index in [2.05, 4.69) is 10.6 Å². The molecule has 6 heteroatoms. The van der Waals surface area contributed by atoms with E-state index in [4.69, 9.17) is 11.6 Å². The van der Waals surface area contributed by atoms with E-state index in [-0.39, 0.29) is 18.4 Å². The maximum atomic E-state index is 12.0. The van der Waals surface area contributed by atoms with Crippen LogP contribution in [0.15, 0.2) is 24.3 Å². The van der Waals surface area contributed by atoms with Gasteiger partial charge in [0, 0.05) is 23.2 Å². The molecular weight excluding hydrogens is 304 g/mol. The lowest BCUT2D eigenvalue weighted by molar-refractivity contribution is -0.140. The average Bonchev–Trinajstić information content (AvgIpc) is 2.42. The summed E-state index contributed by atoms with van der Waals surface area (Å²) in [7, 11) is 0. The van der Waals surface area contributed by atoms with Crippen molar-refractivity contribution in [3.8, 4) is 0 Å². The summed E-state index contributed by atoms with van der Waals surface area (Å²) < 4.78 is 0. The number of amides is 1. The number of rotatable bonds is 9. The largest absolute Gasteiger partial charge is 0.480 e. The molecule has 0 radical (unpaired) electrons. The first-order valence-electron chi connectivity index (χ1n) is 7.46. The van der Waals surface area contributed by atoms with Crippen molar-refractivity contribution in [2.45, 2.75) is 51.6 Å². The second kappa shape index (κ2) is 9.43. The number of carboxylic acid groups (broad SMARTS) is 1. The van der Waals surface area contributed by atoms with Crippen LogP contribution in [0.5, 0.6) is 0 Å². The first kappa shape index (κ1) is 18.5. The fraction of sp³-hybridized carbons (Fsp3) is 0.500. The zero-order chi connectivity index (χ0) is 16.5. The second-order valence-electron chi connectivity index (χ2n) is 5.36. The van der Waals surface area contributed by atoms with Crippen LogP contribution in [-0.2, 0) is 9.59 Å². The molecule has 3 N–H and O–H groups in total. The number of aliphatic carboxylic acids is 1. The third-order valence-electron chi connectivity index (χ3n) is 3.23. The third kappa shape index (κ3) is 6.91. The molecule has 1 amide bonds. The number of carboxylic acids is 1. The molecule has 0 spiro atoms. The number of hydrogen-bond acceptors (Lipinski definition) is 3. The molecule has 0 heterocycles. The highest BCUT2D eigenvalue weighted by atomic mass is 35.5. The van der Waals surface area contributed by atoms with Gasteiger partial charge in [-0.3, -0.25) is 9.59 Å². The number of carbonyl (C=O) groups excluding carboxylic acids is 1. The molecule has 122 valence electrons. The molecule has 0 bridgehead atoms. The maximum Gasteiger partial charge on any atom is 0.320 e.